The molecule has 2 aromatic rings. The molecule has 7 heteroatoms. The van der Waals surface area contributed by atoms with Gasteiger partial charge in [-0.05, 0) is 24.3 Å². The number of hydrogen-bond donors (Lipinski definition) is 0. The molecule has 0 aliphatic heterocycles. The third kappa shape index (κ3) is 3.37. The van der Waals surface area contributed by atoms with Crippen LogP contribution in [-0.4, -0.2) is 18.5 Å². The van der Waals surface area contributed by atoms with Crippen LogP contribution in [0.15, 0.2) is 36.5 Å². The van der Waals surface area contributed by atoms with Gasteiger partial charge < -0.3 is 9.47 Å². The fraction of sp³-hybridized carbons (Fsp3) is 0.154. The summed E-state index contributed by atoms with van der Waals surface area (Å²) in [5.74, 6) is -0.757. The first-order chi connectivity index (χ1) is 9.39. The molecule has 0 amide bonds. The van der Waals surface area contributed by atoms with E-state index in [0.29, 0.717) is 5.56 Å². The van der Waals surface area contributed by atoms with Crippen LogP contribution in [-0.2, 0) is 0 Å². The minimum absolute atomic E-state index is 0.0179. The van der Waals surface area contributed by atoms with E-state index in [0.717, 1.165) is 18.2 Å². The fourth-order valence-corrected chi connectivity index (χ4v) is 1.56. The zero-order chi connectivity index (χ0) is 14.8. The van der Waals surface area contributed by atoms with Gasteiger partial charge in [-0.15, -0.1) is 13.2 Å². The van der Waals surface area contributed by atoms with Crippen molar-refractivity contribution in [2.75, 3.05) is 7.11 Å². The minimum Gasteiger partial charge on any atom is -0.495 e. The number of methoxy groups -OCH3 is 1. The first-order valence-electron chi connectivity index (χ1n) is 5.45. The van der Waals surface area contributed by atoms with Gasteiger partial charge in [-0.1, -0.05) is 0 Å². The van der Waals surface area contributed by atoms with E-state index in [1.807, 2.05) is 0 Å². The van der Waals surface area contributed by atoms with E-state index in [2.05, 4.69) is 9.72 Å². The lowest BCUT2D eigenvalue weighted by atomic mass is 10.1. The van der Waals surface area contributed by atoms with Crippen LogP contribution in [0.1, 0.15) is 0 Å². The molecule has 0 atom stereocenters. The van der Waals surface area contributed by atoms with Crippen molar-refractivity contribution in [3.8, 4) is 22.8 Å². The normalized spacial score (nSPS) is 11.2. The third-order valence-electron chi connectivity index (χ3n) is 2.41. The van der Waals surface area contributed by atoms with Crippen molar-refractivity contribution in [3.05, 3.63) is 42.3 Å². The van der Waals surface area contributed by atoms with Gasteiger partial charge in [0.1, 0.15) is 17.2 Å². The summed E-state index contributed by atoms with van der Waals surface area (Å²) < 4.78 is 58.3. The highest BCUT2D eigenvalue weighted by atomic mass is 19.4. The number of nitrogens with zero attached hydrogens (tertiary/aromatic N) is 1. The number of pyridine rings is 1. The highest BCUT2D eigenvalue weighted by molar-refractivity contribution is 5.61. The summed E-state index contributed by atoms with van der Waals surface area (Å²) in [4.78, 5) is 3.86. The van der Waals surface area contributed by atoms with E-state index < -0.39 is 12.2 Å². The Hall–Kier alpha value is -2.31. The molecular formula is C13H9F4NO2. The fourth-order valence-electron chi connectivity index (χ4n) is 1.56. The van der Waals surface area contributed by atoms with E-state index in [4.69, 9.17) is 4.74 Å². The molecule has 0 N–H and O–H groups in total. The van der Waals surface area contributed by atoms with E-state index in [1.54, 1.807) is 0 Å². The average Bonchev–Trinajstić information content (AvgIpc) is 2.38. The zero-order valence-electron chi connectivity index (χ0n) is 10.2. The molecule has 0 saturated carbocycles. The molecule has 20 heavy (non-hydrogen) atoms. The van der Waals surface area contributed by atoms with Crippen molar-refractivity contribution in [2.45, 2.75) is 6.36 Å². The predicted molar refractivity (Wildman–Crippen MR) is 62.9 cm³/mol. The van der Waals surface area contributed by atoms with E-state index in [1.165, 1.54) is 25.4 Å². The number of alkyl halides is 3. The first-order valence-corrected chi connectivity index (χ1v) is 5.45. The second-order valence-corrected chi connectivity index (χ2v) is 3.78. The Balaban J connectivity index is 2.26. The first kappa shape index (κ1) is 14.1. The number of benzene rings is 1. The Morgan fingerprint density at radius 1 is 1.05 bits per heavy atom. The Bertz CT molecular complexity index is 596. The molecule has 0 spiro atoms. The summed E-state index contributed by atoms with van der Waals surface area (Å²) in [6.07, 6.45) is -3.44. The molecule has 0 bridgehead atoms. The Kier molecular flexibility index (Phi) is 3.78. The average molecular weight is 287 g/mol. The molecule has 1 aromatic carbocycles. The van der Waals surface area contributed by atoms with Gasteiger partial charge in [-0.3, -0.25) is 0 Å². The van der Waals surface area contributed by atoms with E-state index >= 15 is 0 Å². The summed E-state index contributed by atoms with van der Waals surface area (Å²) in [7, 11) is 1.37. The van der Waals surface area contributed by atoms with Crippen molar-refractivity contribution in [3.63, 3.8) is 0 Å². The quantitative estimate of drug-likeness (QED) is 0.805. The van der Waals surface area contributed by atoms with Gasteiger partial charge in [-0.2, -0.15) is 0 Å². The second kappa shape index (κ2) is 5.36. The van der Waals surface area contributed by atoms with Crippen LogP contribution in [0, 0.1) is 5.82 Å². The number of ether oxygens (including phenoxy) is 2. The van der Waals surface area contributed by atoms with Gasteiger partial charge in [0, 0.05) is 11.6 Å². The van der Waals surface area contributed by atoms with Gasteiger partial charge >= 0.3 is 6.36 Å². The summed E-state index contributed by atoms with van der Waals surface area (Å²) in [5, 5.41) is 0. The maximum atomic E-state index is 13.7. The molecule has 2 rings (SSSR count). The van der Waals surface area contributed by atoms with Gasteiger partial charge in [0.25, 0.3) is 0 Å². The molecule has 1 heterocycles. The molecule has 0 radical (unpaired) electrons. The monoisotopic (exact) mass is 287 g/mol. The third-order valence-corrected chi connectivity index (χ3v) is 2.41. The predicted octanol–water partition coefficient (Wildman–Crippen LogP) is 3.79. The summed E-state index contributed by atoms with van der Waals surface area (Å²) in [6.45, 7) is 0. The van der Waals surface area contributed by atoms with Crippen molar-refractivity contribution < 1.29 is 27.0 Å². The zero-order valence-corrected chi connectivity index (χ0v) is 10.2. The Morgan fingerprint density at radius 2 is 1.70 bits per heavy atom. The number of rotatable bonds is 3. The van der Waals surface area contributed by atoms with Crippen LogP contribution in [0.2, 0.25) is 0 Å². The lowest BCUT2D eigenvalue weighted by Gasteiger charge is -2.09. The molecule has 106 valence electrons. The van der Waals surface area contributed by atoms with Gasteiger partial charge in [0.2, 0.25) is 0 Å². The lowest BCUT2D eigenvalue weighted by molar-refractivity contribution is -0.274. The summed E-state index contributed by atoms with van der Waals surface area (Å²) >= 11 is 0. The number of halogens is 4. The Labute approximate surface area is 111 Å². The van der Waals surface area contributed by atoms with Crippen LogP contribution in [0.25, 0.3) is 11.3 Å². The van der Waals surface area contributed by atoms with Crippen molar-refractivity contribution in [1.82, 2.24) is 4.98 Å². The van der Waals surface area contributed by atoms with Gasteiger partial charge in [0.05, 0.1) is 13.3 Å². The topological polar surface area (TPSA) is 31.4 Å². The standard InChI is InChI=1S/C13H9F4NO2/c1-19-10-6-11(14)12(18-7-10)8-2-4-9(5-3-8)20-13(15,16)17/h2-7H,1H3. The largest absolute Gasteiger partial charge is 0.573 e. The van der Waals surface area contributed by atoms with Crippen LogP contribution < -0.4 is 9.47 Å². The van der Waals surface area contributed by atoms with Crippen LogP contribution in [0.4, 0.5) is 17.6 Å². The van der Waals surface area contributed by atoms with Gasteiger partial charge in [0.15, 0.2) is 5.82 Å². The highest BCUT2D eigenvalue weighted by Gasteiger charge is 2.31. The Morgan fingerprint density at radius 3 is 2.20 bits per heavy atom. The maximum absolute atomic E-state index is 13.7. The molecule has 0 unspecified atom stereocenters. The second-order valence-electron chi connectivity index (χ2n) is 3.78. The van der Waals surface area contributed by atoms with E-state index in [9.17, 15) is 17.6 Å². The van der Waals surface area contributed by atoms with Crippen molar-refractivity contribution in [1.29, 1.82) is 0 Å². The number of hydrogen-bond acceptors (Lipinski definition) is 3. The smallest absolute Gasteiger partial charge is 0.495 e. The van der Waals surface area contributed by atoms with Crippen molar-refractivity contribution >= 4 is 0 Å². The molecular weight excluding hydrogens is 278 g/mol. The summed E-state index contributed by atoms with van der Waals surface area (Å²) in [6, 6.07) is 5.91. The SMILES string of the molecule is COc1cnc(-c2ccc(OC(F)(F)F)cc2)c(F)c1. The molecule has 0 aliphatic rings. The summed E-state index contributed by atoms with van der Waals surface area (Å²) in [5.41, 5.74) is 0.351. The van der Waals surface area contributed by atoms with E-state index in [-0.39, 0.29) is 17.2 Å². The van der Waals surface area contributed by atoms with Crippen LogP contribution >= 0.6 is 0 Å². The van der Waals surface area contributed by atoms with Crippen LogP contribution in [0.5, 0.6) is 11.5 Å². The maximum Gasteiger partial charge on any atom is 0.573 e. The molecule has 3 nitrogen and oxygen atoms in total. The number of aromatic nitrogens is 1. The lowest BCUT2D eigenvalue weighted by Crippen LogP contribution is -2.16. The molecule has 0 saturated heterocycles. The van der Waals surface area contributed by atoms with Gasteiger partial charge in [-0.25, -0.2) is 9.37 Å². The molecule has 0 fully saturated rings. The molecule has 1 aromatic heterocycles. The highest BCUT2D eigenvalue weighted by Crippen LogP contribution is 2.27. The van der Waals surface area contributed by atoms with Crippen LogP contribution in [0.3, 0.4) is 0 Å². The van der Waals surface area contributed by atoms with Crippen molar-refractivity contribution in [2.24, 2.45) is 0 Å². The minimum atomic E-state index is -4.76. The molecule has 0 aliphatic carbocycles.